The number of halogens is 1. The molecule has 0 amide bonds. The molecule has 0 saturated carbocycles. The molecule has 0 aromatic heterocycles. The van der Waals surface area contributed by atoms with Crippen LogP contribution in [0.2, 0.25) is 5.02 Å². The van der Waals surface area contributed by atoms with Gasteiger partial charge in [0.25, 0.3) is 0 Å². The zero-order chi connectivity index (χ0) is 13.0. The quantitative estimate of drug-likeness (QED) is 0.849. The van der Waals surface area contributed by atoms with Crippen LogP contribution >= 0.6 is 11.6 Å². The Bertz CT molecular complexity index is 373. The van der Waals surface area contributed by atoms with E-state index in [1.165, 1.54) is 16.7 Å². The Labute approximate surface area is 109 Å². The van der Waals surface area contributed by atoms with Crippen molar-refractivity contribution in [1.82, 2.24) is 0 Å². The first-order valence-electron chi connectivity index (χ1n) is 6.16. The third-order valence-electron chi connectivity index (χ3n) is 3.50. The number of hydrogen-bond acceptors (Lipinski definition) is 2. The third kappa shape index (κ3) is 3.70. The highest BCUT2D eigenvalue weighted by Gasteiger charge is 2.15. The van der Waals surface area contributed by atoms with Gasteiger partial charge >= 0.3 is 0 Å². The summed E-state index contributed by atoms with van der Waals surface area (Å²) < 4.78 is 0. The largest absolute Gasteiger partial charge is 0.330 e. The molecule has 1 atom stereocenters. The second-order valence-electron chi connectivity index (χ2n) is 4.93. The molecule has 1 rings (SSSR count). The van der Waals surface area contributed by atoms with Gasteiger partial charge in [-0.2, -0.15) is 0 Å². The van der Waals surface area contributed by atoms with E-state index >= 15 is 0 Å². The number of benzene rings is 1. The van der Waals surface area contributed by atoms with Crippen LogP contribution < -0.4 is 11.5 Å². The van der Waals surface area contributed by atoms with Crippen LogP contribution in [0.15, 0.2) is 12.1 Å². The number of hydrogen-bond donors (Lipinski definition) is 2. The highest BCUT2D eigenvalue weighted by molar-refractivity contribution is 6.31. The van der Waals surface area contributed by atoms with Crippen molar-refractivity contribution in [3.05, 3.63) is 33.8 Å². The molecule has 2 nitrogen and oxygen atoms in total. The Morgan fingerprint density at radius 3 is 2.18 bits per heavy atom. The lowest BCUT2D eigenvalue weighted by Crippen LogP contribution is -2.24. The maximum atomic E-state index is 6.30. The van der Waals surface area contributed by atoms with Gasteiger partial charge in [0.1, 0.15) is 0 Å². The fourth-order valence-electron chi connectivity index (χ4n) is 2.10. The topological polar surface area (TPSA) is 52.0 Å². The second kappa shape index (κ2) is 6.39. The molecule has 1 aromatic rings. The molecule has 0 radical (unpaired) electrons. The molecular weight excluding hydrogens is 232 g/mol. The number of rotatable bonds is 5. The summed E-state index contributed by atoms with van der Waals surface area (Å²) in [6.07, 6.45) is 0.995. The van der Waals surface area contributed by atoms with Crippen molar-refractivity contribution in [2.24, 2.45) is 17.4 Å². The zero-order valence-corrected chi connectivity index (χ0v) is 11.7. The highest BCUT2D eigenvalue weighted by Crippen LogP contribution is 2.31. The maximum Gasteiger partial charge on any atom is 0.0443 e. The average Bonchev–Trinajstić information content (AvgIpc) is 2.30. The minimum atomic E-state index is 0.377. The van der Waals surface area contributed by atoms with E-state index in [0.717, 1.165) is 11.4 Å². The molecule has 0 aliphatic heterocycles. The summed E-state index contributed by atoms with van der Waals surface area (Å²) >= 11 is 6.30. The summed E-state index contributed by atoms with van der Waals surface area (Å²) in [6, 6.07) is 4.23. The molecule has 0 heterocycles. The Morgan fingerprint density at radius 1 is 1.12 bits per heavy atom. The Hall–Kier alpha value is -0.570. The van der Waals surface area contributed by atoms with E-state index in [1.807, 2.05) is 6.07 Å². The van der Waals surface area contributed by atoms with Crippen molar-refractivity contribution in [3.63, 3.8) is 0 Å². The normalized spacial score (nSPS) is 13.1. The molecular formula is C14H23ClN2. The van der Waals surface area contributed by atoms with E-state index in [1.54, 1.807) is 0 Å². The van der Waals surface area contributed by atoms with E-state index < -0.39 is 0 Å². The lowest BCUT2D eigenvalue weighted by molar-refractivity contribution is 0.465. The van der Waals surface area contributed by atoms with Gasteiger partial charge in [0.15, 0.2) is 0 Å². The van der Waals surface area contributed by atoms with E-state index in [2.05, 4.69) is 26.8 Å². The zero-order valence-electron chi connectivity index (χ0n) is 11.0. The van der Waals surface area contributed by atoms with Crippen molar-refractivity contribution in [3.8, 4) is 0 Å². The molecule has 0 aliphatic rings. The van der Waals surface area contributed by atoms with Gasteiger partial charge in [-0.05, 0) is 68.0 Å². The monoisotopic (exact) mass is 254 g/mol. The summed E-state index contributed by atoms with van der Waals surface area (Å²) in [6.45, 7) is 7.67. The van der Waals surface area contributed by atoms with Crippen LogP contribution in [0.4, 0.5) is 0 Å². The summed E-state index contributed by atoms with van der Waals surface area (Å²) in [7, 11) is 0. The summed E-state index contributed by atoms with van der Waals surface area (Å²) in [5, 5.41) is 0.855. The van der Waals surface area contributed by atoms with Gasteiger partial charge in [0.05, 0.1) is 0 Å². The van der Waals surface area contributed by atoms with E-state index in [4.69, 9.17) is 23.1 Å². The smallest absolute Gasteiger partial charge is 0.0443 e. The van der Waals surface area contributed by atoms with Crippen LogP contribution in [-0.2, 0) is 0 Å². The van der Waals surface area contributed by atoms with Crippen molar-refractivity contribution in [1.29, 1.82) is 0 Å². The van der Waals surface area contributed by atoms with Crippen molar-refractivity contribution in [2.45, 2.75) is 33.1 Å². The molecule has 1 unspecified atom stereocenters. The number of aryl methyl sites for hydroxylation is 2. The van der Waals surface area contributed by atoms with Crippen LogP contribution in [0.25, 0.3) is 0 Å². The fourth-order valence-corrected chi connectivity index (χ4v) is 2.50. The second-order valence-corrected chi connectivity index (χ2v) is 5.34. The Morgan fingerprint density at radius 2 is 1.65 bits per heavy atom. The minimum Gasteiger partial charge on any atom is -0.330 e. The first-order chi connectivity index (χ1) is 7.99. The highest BCUT2D eigenvalue weighted by atomic mass is 35.5. The lowest BCUT2D eigenvalue weighted by Gasteiger charge is -2.20. The Balaban J connectivity index is 2.88. The van der Waals surface area contributed by atoms with Gasteiger partial charge in [-0.15, -0.1) is 0 Å². The number of nitrogens with two attached hydrogens (primary N) is 2. The third-order valence-corrected chi connectivity index (χ3v) is 3.82. The predicted molar refractivity (Wildman–Crippen MR) is 75.6 cm³/mol. The maximum absolute atomic E-state index is 6.30. The summed E-state index contributed by atoms with van der Waals surface area (Å²) in [5.41, 5.74) is 15.1. The molecule has 0 aliphatic carbocycles. The predicted octanol–water partition coefficient (Wildman–Crippen LogP) is 2.98. The van der Waals surface area contributed by atoms with Crippen LogP contribution in [-0.4, -0.2) is 13.1 Å². The molecule has 0 saturated heterocycles. The first kappa shape index (κ1) is 14.5. The molecule has 3 heteroatoms. The van der Waals surface area contributed by atoms with Gasteiger partial charge in [-0.3, -0.25) is 0 Å². The van der Waals surface area contributed by atoms with Crippen molar-refractivity contribution < 1.29 is 0 Å². The molecule has 17 heavy (non-hydrogen) atoms. The summed E-state index contributed by atoms with van der Waals surface area (Å²) in [4.78, 5) is 0. The standard InChI is InChI=1S/C14H23ClN2/c1-9-5-13(14(15)6-10(9)2)11(3)4-12(7-16)8-17/h5-6,11-12H,4,7-8,16-17H2,1-3H3. The fraction of sp³-hybridized carbons (Fsp3) is 0.571. The SMILES string of the molecule is Cc1cc(Cl)c(C(C)CC(CN)CN)cc1C. The van der Waals surface area contributed by atoms with Crippen LogP contribution in [0.5, 0.6) is 0 Å². The van der Waals surface area contributed by atoms with Gasteiger partial charge in [0.2, 0.25) is 0 Å². The molecule has 0 bridgehead atoms. The van der Waals surface area contributed by atoms with Gasteiger partial charge in [0, 0.05) is 5.02 Å². The van der Waals surface area contributed by atoms with Gasteiger partial charge in [-0.1, -0.05) is 24.6 Å². The lowest BCUT2D eigenvalue weighted by atomic mass is 9.88. The first-order valence-corrected chi connectivity index (χ1v) is 6.54. The van der Waals surface area contributed by atoms with Crippen LogP contribution in [0, 0.1) is 19.8 Å². The molecule has 96 valence electrons. The Kier molecular flexibility index (Phi) is 5.44. The molecule has 0 fully saturated rings. The van der Waals surface area contributed by atoms with Gasteiger partial charge < -0.3 is 11.5 Å². The van der Waals surface area contributed by atoms with Gasteiger partial charge in [-0.25, -0.2) is 0 Å². The summed E-state index contributed by atoms with van der Waals surface area (Å²) in [5.74, 6) is 0.779. The molecule has 1 aromatic carbocycles. The van der Waals surface area contributed by atoms with E-state index in [0.29, 0.717) is 24.9 Å². The average molecular weight is 255 g/mol. The molecule has 4 N–H and O–H groups in total. The van der Waals surface area contributed by atoms with Crippen LogP contribution in [0.1, 0.15) is 36.0 Å². The van der Waals surface area contributed by atoms with Crippen molar-refractivity contribution >= 4 is 11.6 Å². The molecule has 0 spiro atoms. The minimum absolute atomic E-state index is 0.377. The van der Waals surface area contributed by atoms with Crippen molar-refractivity contribution in [2.75, 3.05) is 13.1 Å². The van der Waals surface area contributed by atoms with E-state index in [9.17, 15) is 0 Å². The van der Waals surface area contributed by atoms with Crippen LogP contribution in [0.3, 0.4) is 0 Å². The van der Waals surface area contributed by atoms with E-state index in [-0.39, 0.29) is 0 Å².